The van der Waals surface area contributed by atoms with Gasteiger partial charge in [-0.3, -0.25) is 54.5 Å². The predicted octanol–water partition coefficient (Wildman–Crippen LogP) is 19.0. The third-order valence-corrected chi connectivity index (χ3v) is 15.9. The van der Waals surface area contributed by atoms with Crippen LogP contribution in [0.15, 0.2) is 174 Å². The molecule has 6 N–H and O–H groups in total. The largest absolute Gasteiger partial charge is 0.506 e. The molecule has 2 aromatic carbocycles. The number of nitrogens with zero attached hydrogens (tertiary/aromatic N) is 9. The van der Waals surface area contributed by atoms with Gasteiger partial charge in [0, 0.05) is 60.6 Å². The maximum atomic E-state index is 13.2. The lowest BCUT2D eigenvalue weighted by molar-refractivity contribution is 0.00578. The predicted molar refractivity (Wildman–Crippen MR) is 472 cm³/mol. The number of rotatable bonds is 21. The van der Waals surface area contributed by atoms with Crippen molar-refractivity contribution in [1.29, 1.82) is 0 Å². The molecule has 0 atom stereocenters. The fraction of sp³-hybridized carbons (Fsp3) is 0.313. The first-order chi connectivity index (χ1) is 53.7. The van der Waals surface area contributed by atoms with Crippen molar-refractivity contribution in [3.63, 3.8) is 0 Å². The van der Waals surface area contributed by atoms with E-state index in [-0.39, 0.29) is 136 Å². The number of benzene rings is 2. The second-order valence-corrected chi connectivity index (χ2v) is 24.5. The number of nitrogens with one attached hydrogen (secondary N) is 1. The van der Waals surface area contributed by atoms with Gasteiger partial charge in [0.1, 0.15) is 85.9 Å². The maximum absolute atomic E-state index is 13.2. The standard InChI is InChI=1S/C14H11ClFN3O2.C13H10ClFN2O2.C12H18BNO3.C9H11NO4.C8H11NO3.C7H7NO3.C6H6BrNO.C6H7NO2.8CH4/c1-20-10-5-18-6-11-12(10)13(14(17)21-11)19-7-2-3-9(16)8(15)4-7;1-19-13-7-16-6-12(18)9(13)5-17-8-2-3-11(15)10(14)4-8;1-11(2)12(3,4)17-13(16-11)9-6-10(15-5)8-14-7-9;1-12-6-14-9-4-10-3-8(13-2)7(9)5-11;1-10-6-12-8-3-7(11-2)4-9-5-8;1-11-7-3-8-2-6(10)5(7)4-9;1-9-6-2-5(7)3-8-4-6;1-9-6-2-5(8)3-7-4-6;;;;;;;;/h2-6,19H,17H2,1H3;2-7,18H,1H3;6-8H,1-5H3;3-5H,6H2,1-2H3;3-5H,6H2,1-2H3;2-4,10H,1H3;2-4H,1H3;2-4,8H,1H3;8*1H4. The molecule has 31 nitrogen and oxygen atoms in total. The SMILES string of the molecule is C.C.C.C.C.C.C.C.COCOc1cncc(OC)c1.COCOc1cncc(OC)c1C=O.COc1cncc(B2OC(C)(C)C(C)(C)O2)c1.COc1cncc(Br)c1.COc1cncc(O)c1.COc1cncc(O)c1C=Nc1ccc(F)c(Cl)c1.COc1cncc(O)c1C=O.COc1cncc2oc(N)c(Nc3ccc(F)c(Cl)c3)c12. The van der Waals surface area contributed by atoms with Gasteiger partial charge in [0.25, 0.3) is 0 Å². The van der Waals surface area contributed by atoms with E-state index in [2.05, 4.69) is 66.1 Å². The number of fused-ring (bicyclic) bond motifs is 1. The zero-order valence-corrected chi connectivity index (χ0v) is 66.1. The Bertz CT molecular complexity index is 4760. The molecule has 37 heteroatoms. The van der Waals surface area contributed by atoms with Crippen LogP contribution in [0.1, 0.15) is 113 Å². The molecule has 0 aliphatic carbocycles. The van der Waals surface area contributed by atoms with Crippen molar-refractivity contribution >= 4 is 104 Å². The summed E-state index contributed by atoms with van der Waals surface area (Å²) in [6, 6.07) is 15.3. The molecule has 1 fully saturated rings. The molecule has 11 aromatic rings. The first-order valence-corrected chi connectivity index (χ1v) is 33.9. The number of nitrogens with two attached hydrogens (primary N) is 1. The van der Waals surface area contributed by atoms with Crippen molar-refractivity contribution in [1.82, 2.24) is 39.9 Å². The minimum Gasteiger partial charge on any atom is -0.506 e. The second-order valence-electron chi connectivity index (χ2n) is 22.7. The van der Waals surface area contributed by atoms with Crippen molar-refractivity contribution in [2.45, 2.75) is 98.3 Å². The summed E-state index contributed by atoms with van der Waals surface area (Å²) >= 11 is 14.7. The Kier molecular flexibility index (Phi) is 56.0. The molecular weight excluding hydrogens is 1670 g/mol. The van der Waals surface area contributed by atoms with Gasteiger partial charge in [-0.25, -0.2) is 8.78 Å². The molecule has 0 spiro atoms. The van der Waals surface area contributed by atoms with E-state index in [1.54, 1.807) is 83.9 Å². The molecule has 1 aliphatic heterocycles. The van der Waals surface area contributed by atoms with Gasteiger partial charge >= 0.3 is 7.12 Å². The molecule has 0 amide bonds. The number of furan rings is 1. The van der Waals surface area contributed by atoms with Gasteiger partial charge in [-0.05, 0) is 92.2 Å². The number of aliphatic imine (C=N–C) groups is 1. The number of carbonyl (C=O) groups is 2. The minimum absolute atomic E-state index is 0. The van der Waals surface area contributed by atoms with Crippen LogP contribution in [0.3, 0.4) is 0 Å². The fourth-order valence-electron chi connectivity index (χ4n) is 8.54. The van der Waals surface area contributed by atoms with Gasteiger partial charge in [0.15, 0.2) is 49.0 Å². The van der Waals surface area contributed by atoms with Crippen LogP contribution in [0.2, 0.25) is 10.0 Å². The van der Waals surface area contributed by atoms with E-state index in [1.165, 1.54) is 141 Å². The van der Waals surface area contributed by atoms with Gasteiger partial charge in [0.05, 0.1) is 182 Å². The average Bonchev–Trinajstić information content (AvgIpc) is 1.63. The Hall–Kier alpha value is -12.0. The monoisotopic (exact) mass is 1780 g/mol. The summed E-state index contributed by atoms with van der Waals surface area (Å²) in [5, 5.41) is 31.2. The molecule has 1 aliphatic rings. The average molecular weight is 1780 g/mol. The summed E-state index contributed by atoms with van der Waals surface area (Å²) in [5.74, 6) is 4.33. The van der Waals surface area contributed by atoms with Crippen LogP contribution in [0.5, 0.6) is 74.7 Å². The Morgan fingerprint density at radius 3 is 1.39 bits per heavy atom. The van der Waals surface area contributed by atoms with E-state index >= 15 is 0 Å². The van der Waals surface area contributed by atoms with Crippen molar-refractivity contribution < 1.29 is 104 Å². The van der Waals surface area contributed by atoms with E-state index in [1.807, 2.05) is 39.8 Å². The molecule has 1 saturated heterocycles. The highest BCUT2D eigenvalue weighted by molar-refractivity contribution is 9.10. The lowest BCUT2D eigenvalue weighted by Crippen LogP contribution is -2.41. The number of aromatic hydroxyl groups is 3. The molecule has 0 bridgehead atoms. The molecule has 120 heavy (non-hydrogen) atoms. The topological polar surface area (TPSA) is 391 Å². The van der Waals surface area contributed by atoms with Crippen molar-refractivity contribution in [2.75, 3.05) is 95.7 Å². The van der Waals surface area contributed by atoms with Gasteiger partial charge in [0.2, 0.25) is 5.88 Å². The number of ether oxygens (including phenoxy) is 12. The zero-order valence-electron chi connectivity index (χ0n) is 63.0. The maximum Gasteiger partial charge on any atom is 0.496 e. The van der Waals surface area contributed by atoms with E-state index in [4.69, 9.17) is 110 Å². The minimum atomic E-state index is -0.509. The summed E-state index contributed by atoms with van der Waals surface area (Å²) in [5.41, 5.74) is 8.98. The number of aldehydes is 2. The van der Waals surface area contributed by atoms with Crippen molar-refractivity contribution in [3.8, 4) is 74.7 Å². The van der Waals surface area contributed by atoms with Crippen LogP contribution < -0.4 is 63.9 Å². The highest BCUT2D eigenvalue weighted by Crippen LogP contribution is 2.41. The van der Waals surface area contributed by atoms with E-state index in [0.29, 0.717) is 97.7 Å². The number of methoxy groups -OCH3 is 10. The Balaban J connectivity index is -0.000000645. The molecule has 658 valence electrons. The summed E-state index contributed by atoms with van der Waals surface area (Å²) in [6.45, 7) is 8.40. The van der Waals surface area contributed by atoms with Crippen LogP contribution in [0.4, 0.5) is 31.7 Å². The number of carbonyl (C=O) groups excluding carboxylic acids is 2. The Morgan fingerprint density at radius 2 is 0.908 bits per heavy atom. The summed E-state index contributed by atoms with van der Waals surface area (Å²) in [4.78, 5) is 56.0. The third-order valence-electron chi connectivity index (χ3n) is 14.9. The van der Waals surface area contributed by atoms with Gasteiger partial charge in [-0.2, -0.15) is 0 Å². The van der Waals surface area contributed by atoms with Crippen molar-refractivity contribution in [2.24, 2.45) is 4.99 Å². The molecule has 12 rings (SSSR count). The van der Waals surface area contributed by atoms with Crippen LogP contribution in [-0.2, 0) is 18.8 Å². The quantitative estimate of drug-likeness (QED) is 0.0193. The highest BCUT2D eigenvalue weighted by atomic mass is 79.9. The molecule has 0 saturated carbocycles. The van der Waals surface area contributed by atoms with Crippen molar-refractivity contribution in [3.05, 3.63) is 203 Å². The molecule has 0 unspecified atom stereocenters. The Morgan fingerprint density at radius 1 is 0.483 bits per heavy atom. The molecule has 0 radical (unpaired) electrons. The number of halogens is 5. The normalized spacial score (nSPS) is 10.9. The summed E-state index contributed by atoms with van der Waals surface area (Å²) in [7, 11) is 14.9. The van der Waals surface area contributed by atoms with Crippen LogP contribution in [0, 0.1) is 11.6 Å². The number of pyridine rings is 8. The van der Waals surface area contributed by atoms with Crippen LogP contribution >= 0.6 is 39.1 Å². The van der Waals surface area contributed by atoms with E-state index in [9.17, 15) is 23.5 Å². The number of hydrogen-bond donors (Lipinski definition) is 5. The fourth-order valence-corrected chi connectivity index (χ4v) is 9.24. The molecule has 10 heterocycles. The number of hydrogen-bond acceptors (Lipinski definition) is 31. The van der Waals surface area contributed by atoms with E-state index < -0.39 is 11.6 Å². The molecule has 9 aromatic heterocycles. The molecular formula is C83H113BBrCl2F2N11O20. The van der Waals surface area contributed by atoms with Crippen LogP contribution in [0.25, 0.3) is 11.0 Å². The first kappa shape index (κ1) is 114. The zero-order chi connectivity index (χ0) is 82.3. The smallest absolute Gasteiger partial charge is 0.496 e. The summed E-state index contributed by atoms with van der Waals surface area (Å²) < 4.78 is 104. The van der Waals surface area contributed by atoms with E-state index in [0.717, 1.165) is 15.7 Å². The van der Waals surface area contributed by atoms with Gasteiger partial charge in [-0.1, -0.05) is 82.6 Å². The number of anilines is 3. The Labute approximate surface area is 721 Å². The first-order valence-electron chi connectivity index (χ1n) is 32.4. The lowest BCUT2D eigenvalue weighted by Gasteiger charge is -2.32. The number of aromatic nitrogens is 8. The van der Waals surface area contributed by atoms with Crippen LogP contribution in [-0.4, -0.2) is 177 Å². The number of nitrogen functional groups attached to an aromatic ring is 1. The second kappa shape index (κ2) is 58.8. The third kappa shape index (κ3) is 35.3. The highest BCUT2D eigenvalue weighted by Gasteiger charge is 2.52. The summed E-state index contributed by atoms with van der Waals surface area (Å²) in [6.07, 6.45) is 26.7. The lowest BCUT2D eigenvalue weighted by atomic mass is 9.80. The van der Waals surface area contributed by atoms with Gasteiger partial charge < -0.3 is 96.9 Å². The van der Waals surface area contributed by atoms with Gasteiger partial charge in [-0.15, -0.1) is 0 Å².